The first-order valence-electron chi connectivity index (χ1n) is 7.42. The molecule has 0 bridgehead atoms. The summed E-state index contributed by atoms with van der Waals surface area (Å²) in [6.45, 7) is 1.97. The van der Waals surface area contributed by atoms with Gasteiger partial charge in [-0.05, 0) is 31.2 Å². The van der Waals surface area contributed by atoms with Gasteiger partial charge >= 0.3 is 5.97 Å². The number of ether oxygens (including phenoxy) is 2. The third-order valence-corrected chi connectivity index (χ3v) is 3.89. The lowest BCUT2D eigenvalue weighted by Crippen LogP contribution is -2.10. The van der Waals surface area contributed by atoms with Gasteiger partial charge in [0.1, 0.15) is 16.8 Å². The van der Waals surface area contributed by atoms with Gasteiger partial charge in [-0.2, -0.15) is 0 Å². The molecular weight excluding hydrogens is 328 g/mol. The summed E-state index contributed by atoms with van der Waals surface area (Å²) in [5.74, 6) is 0.0540. The number of hydrogen-bond donors (Lipinski definition) is 0. The molecule has 122 valence electrons. The van der Waals surface area contributed by atoms with Crippen LogP contribution in [0.4, 0.5) is 0 Å². The highest BCUT2D eigenvalue weighted by molar-refractivity contribution is 6.38. The van der Waals surface area contributed by atoms with Gasteiger partial charge in [-0.3, -0.25) is 4.98 Å². The number of rotatable bonds is 4. The third kappa shape index (κ3) is 2.78. The second-order valence-corrected chi connectivity index (χ2v) is 5.32. The van der Waals surface area contributed by atoms with E-state index in [2.05, 4.69) is 9.97 Å². The van der Waals surface area contributed by atoms with Gasteiger partial charge in [-0.25, -0.2) is 9.78 Å². The molecule has 0 unspecified atom stereocenters. The molecule has 0 atom stereocenters. The molecule has 0 saturated carbocycles. The number of para-hydroxylation sites is 1. The van der Waals surface area contributed by atoms with Crippen molar-refractivity contribution in [3.63, 3.8) is 0 Å². The number of nitrogens with zero attached hydrogens (tertiary/aromatic N) is 2. The van der Waals surface area contributed by atoms with Gasteiger partial charge in [0.2, 0.25) is 0 Å². The van der Waals surface area contributed by atoms with Gasteiger partial charge < -0.3 is 9.47 Å². The molecule has 0 N–H and O–H groups in total. The summed E-state index contributed by atoms with van der Waals surface area (Å²) in [5.41, 5.74) is 2.32. The van der Waals surface area contributed by atoms with Crippen LogP contribution < -0.4 is 4.74 Å². The molecule has 3 aromatic rings. The van der Waals surface area contributed by atoms with E-state index in [1.54, 1.807) is 38.4 Å². The fourth-order valence-corrected chi connectivity index (χ4v) is 2.79. The number of carbonyl (C=O) groups excluding carboxylic acids is 1. The zero-order valence-electron chi connectivity index (χ0n) is 13.2. The third-order valence-electron chi connectivity index (χ3n) is 3.52. The minimum atomic E-state index is -0.538. The molecular formula is C18H15ClN2O3. The van der Waals surface area contributed by atoms with Crippen LogP contribution in [0.1, 0.15) is 17.3 Å². The number of halogens is 1. The molecule has 0 aliphatic heterocycles. The van der Waals surface area contributed by atoms with Crippen molar-refractivity contribution < 1.29 is 14.3 Å². The molecule has 1 aromatic carbocycles. The minimum Gasteiger partial charge on any atom is -0.496 e. The van der Waals surface area contributed by atoms with Crippen LogP contribution in [0.5, 0.6) is 5.75 Å². The van der Waals surface area contributed by atoms with Crippen LogP contribution in [0.2, 0.25) is 5.02 Å². The van der Waals surface area contributed by atoms with Gasteiger partial charge in [0, 0.05) is 11.8 Å². The Balaban J connectivity index is 2.36. The number of benzene rings is 1. The van der Waals surface area contributed by atoms with E-state index >= 15 is 0 Å². The lowest BCUT2D eigenvalue weighted by atomic mass is 10.0. The maximum absolute atomic E-state index is 12.5. The van der Waals surface area contributed by atoms with E-state index in [0.29, 0.717) is 28.0 Å². The Kier molecular flexibility index (Phi) is 4.62. The van der Waals surface area contributed by atoms with Crippen molar-refractivity contribution in [2.45, 2.75) is 6.92 Å². The van der Waals surface area contributed by atoms with Crippen LogP contribution in [0.3, 0.4) is 0 Å². The molecule has 24 heavy (non-hydrogen) atoms. The Morgan fingerprint density at radius 3 is 2.75 bits per heavy atom. The highest BCUT2D eigenvalue weighted by atomic mass is 35.5. The summed E-state index contributed by atoms with van der Waals surface area (Å²) in [7, 11) is 1.56. The van der Waals surface area contributed by atoms with Gasteiger partial charge in [-0.1, -0.05) is 23.7 Å². The second-order valence-electron chi connectivity index (χ2n) is 4.94. The number of aromatic nitrogens is 2. The van der Waals surface area contributed by atoms with Gasteiger partial charge in [0.15, 0.2) is 0 Å². The summed E-state index contributed by atoms with van der Waals surface area (Å²) >= 11 is 6.48. The fraction of sp³-hybridized carbons (Fsp3) is 0.167. The molecule has 6 heteroatoms. The number of hydrogen-bond acceptors (Lipinski definition) is 5. The first-order chi connectivity index (χ1) is 11.7. The Bertz CT molecular complexity index is 912. The van der Waals surface area contributed by atoms with Gasteiger partial charge in [-0.15, -0.1) is 0 Å². The van der Waals surface area contributed by atoms with E-state index in [9.17, 15) is 4.79 Å². The second kappa shape index (κ2) is 6.84. The summed E-state index contributed by atoms with van der Waals surface area (Å²) in [4.78, 5) is 21.3. The standard InChI is InChI=1S/C18H15ClN2O3/c1-3-24-18(22)14-15(19)17-12(8-6-10-20-17)21-16(14)11-7-4-5-9-13(11)23-2/h4-10H,3H2,1-2H3. The van der Waals surface area contributed by atoms with Crippen LogP contribution >= 0.6 is 11.6 Å². The summed E-state index contributed by atoms with van der Waals surface area (Å²) in [6, 6.07) is 10.9. The zero-order valence-corrected chi connectivity index (χ0v) is 14.0. The van der Waals surface area contributed by atoms with Crippen LogP contribution in [-0.2, 0) is 4.74 Å². The SMILES string of the molecule is CCOC(=O)c1c(-c2ccccc2OC)nc2cccnc2c1Cl. The number of fused-ring (bicyclic) bond motifs is 1. The summed E-state index contributed by atoms with van der Waals surface area (Å²) in [5, 5.41) is 0.222. The van der Waals surface area contributed by atoms with E-state index in [-0.39, 0.29) is 17.2 Å². The molecule has 2 aromatic heterocycles. The molecule has 0 spiro atoms. The van der Waals surface area contributed by atoms with E-state index in [4.69, 9.17) is 21.1 Å². The summed E-state index contributed by atoms with van der Waals surface area (Å²) in [6.07, 6.45) is 1.60. The number of pyridine rings is 2. The van der Waals surface area contributed by atoms with E-state index < -0.39 is 5.97 Å². The molecule has 3 rings (SSSR count). The van der Waals surface area contributed by atoms with E-state index in [0.717, 1.165) is 0 Å². The number of carbonyl (C=O) groups is 1. The molecule has 0 radical (unpaired) electrons. The quantitative estimate of drug-likeness (QED) is 0.667. The Morgan fingerprint density at radius 2 is 2.00 bits per heavy atom. The molecule has 0 aliphatic rings. The molecule has 0 amide bonds. The Labute approximate surface area is 144 Å². The first kappa shape index (κ1) is 16.2. The van der Waals surface area contributed by atoms with E-state index in [1.165, 1.54) is 0 Å². The normalized spacial score (nSPS) is 10.6. The summed E-state index contributed by atoms with van der Waals surface area (Å²) < 4.78 is 10.6. The van der Waals surface area contributed by atoms with Crippen LogP contribution in [0, 0.1) is 0 Å². The first-order valence-corrected chi connectivity index (χ1v) is 7.80. The van der Waals surface area contributed by atoms with Crippen LogP contribution in [-0.4, -0.2) is 29.7 Å². The monoisotopic (exact) mass is 342 g/mol. The average Bonchev–Trinajstić information content (AvgIpc) is 2.61. The molecule has 0 saturated heterocycles. The fourth-order valence-electron chi connectivity index (χ4n) is 2.48. The average molecular weight is 343 g/mol. The molecule has 0 fully saturated rings. The smallest absolute Gasteiger partial charge is 0.341 e. The lowest BCUT2D eigenvalue weighted by molar-refractivity contribution is 0.0527. The van der Waals surface area contributed by atoms with Crippen LogP contribution in [0.25, 0.3) is 22.3 Å². The maximum atomic E-state index is 12.5. The topological polar surface area (TPSA) is 61.3 Å². The van der Waals surface area contributed by atoms with Crippen molar-refractivity contribution in [3.05, 3.63) is 53.2 Å². The largest absolute Gasteiger partial charge is 0.496 e. The molecule has 2 heterocycles. The van der Waals surface area contributed by atoms with Crippen LogP contribution in [0.15, 0.2) is 42.6 Å². The van der Waals surface area contributed by atoms with Crippen molar-refractivity contribution in [2.24, 2.45) is 0 Å². The van der Waals surface area contributed by atoms with Gasteiger partial charge in [0.05, 0.1) is 29.9 Å². The van der Waals surface area contributed by atoms with Crippen molar-refractivity contribution in [1.82, 2.24) is 9.97 Å². The van der Waals surface area contributed by atoms with Crippen molar-refractivity contribution in [3.8, 4) is 17.0 Å². The van der Waals surface area contributed by atoms with Gasteiger partial charge in [0.25, 0.3) is 0 Å². The maximum Gasteiger partial charge on any atom is 0.341 e. The molecule has 0 aliphatic carbocycles. The highest BCUT2D eigenvalue weighted by Gasteiger charge is 2.24. The zero-order chi connectivity index (χ0) is 17.1. The Morgan fingerprint density at radius 1 is 1.21 bits per heavy atom. The Hall–Kier alpha value is -2.66. The molecule has 5 nitrogen and oxygen atoms in total. The van der Waals surface area contributed by atoms with E-state index in [1.807, 2.05) is 18.2 Å². The lowest BCUT2D eigenvalue weighted by Gasteiger charge is -2.14. The predicted octanol–water partition coefficient (Wildman–Crippen LogP) is 4.14. The van der Waals surface area contributed by atoms with Crippen molar-refractivity contribution in [1.29, 1.82) is 0 Å². The van der Waals surface area contributed by atoms with Crippen molar-refractivity contribution >= 4 is 28.6 Å². The number of esters is 1. The number of methoxy groups -OCH3 is 1. The highest BCUT2D eigenvalue weighted by Crippen LogP contribution is 2.37. The van der Waals surface area contributed by atoms with Crippen molar-refractivity contribution in [2.75, 3.05) is 13.7 Å². The minimum absolute atomic E-state index is 0.189. The predicted molar refractivity (Wildman–Crippen MR) is 92.5 cm³/mol.